The first-order valence-corrected chi connectivity index (χ1v) is 9.17. The second kappa shape index (κ2) is 8.40. The van der Waals surface area contributed by atoms with Crippen LogP contribution in [0.25, 0.3) is 10.9 Å². The van der Waals surface area contributed by atoms with Crippen LogP contribution in [0.5, 0.6) is 0 Å². The highest BCUT2D eigenvalue weighted by molar-refractivity contribution is 5.89. The van der Waals surface area contributed by atoms with Crippen LogP contribution < -0.4 is 11.1 Å². The number of amides is 1. The number of para-hydroxylation sites is 1. The lowest BCUT2D eigenvalue weighted by atomic mass is 9.84. The molecule has 7 nitrogen and oxygen atoms in total. The molecule has 164 valence electrons. The van der Waals surface area contributed by atoms with Crippen LogP contribution in [0, 0.1) is 5.41 Å². The number of benzene rings is 2. The van der Waals surface area contributed by atoms with Crippen LogP contribution in [0.2, 0.25) is 0 Å². The number of carbonyl (C=O) groups excluding carboxylic acids is 1. The average Bonchev–Trinajstić information content (AvgIpc) is 3.09. The smallest absolute Gasteiger partial charge is 0.372 e. The third-order valence-electron chi connectivity index (χ3n) is 4.95. The summed E-state index contributed by atoms with van der Waals surface area (Å²) < 4.78 is 49.3. The number of nitrogens with one attached hydrogen (secondary N) is 2. The maximum atomic E-state index is 14.4. The minimum absolute atomic E-state index is 0.0876. The van der Waals surface area contributed by atoms with E-state index in [1.807, 2.05) is 0 Å². The van der Waals surface area contributed by atoms with Crippen LogP contribution >= 0.6 is 0 Å². The first-order valence-electron chi connectivity index (χ1n) is 9.17. The average molecular weight is 434 g/mol. The zero-order valence-electron chi connectivity index (χ0n) is 16.5. The Hall–Kier alpha value is -3.37. The molecule has 0 aliphatic carbocycles. The van der Waals surface area contributed by atoms with Gasteiger partial charge in [-0.15, -0.1) is 0 Å². The van der Waals surface area contributed by atoms with Gasteiger partial charge in [0.05, 0.1) is 0 Å². The second-order valence-electron chi connectivity index (χ2n) is 6.92. The molecule has 2 aromatic carbocycles. The molecule has 0 aliphatic heterocycles. The minimum atomic E-state index is -5.10. The number of aromatic nitrogens is 1. The van der Waals surface area contributed by atoms with Gasteiger partial charge in [-0.05, 0) is 23.8 Å². The summed E-state index contributed by atoms with van der Waals surface area (Å²) in [6, 6.07) is 9.70. The fraction of sp³-hybridized carbons (Fsp3) is 0.238. The monoisotopic (exact) mass is 434 g/mol. The molecular weight excluding hydrogens is 413 g/mol. The van der Waals surface area contributed by atoms with Gasteiger partial charge < -0.3 is 30.9 Å². The van der Waals surface area contributed by atoms with Crippen LogP contribution in [0.3, 0.4) is 0 Å². The summed E-state index contributed by atoms with van der Waals surface area (Å²) in [5.41, 5.74) is 1.77. The number of alkyl halides is 3. The van der Waals surface area contributed by atoms with Gasteiger partial charge in [-0.3, -0.25) is 4.79 Å². The number of primary amides is 1. The van der Waals surface area contributed by atoms with Crippen molar-refractivity contribution in [2.75, 3.05) is 19.2 Å². The maximum Gasteiger partial charge on any atom is 0.425 e. The lowest BCUT2D eigenvalue weighted by Crippen LogP contribution is -2.43. The Morgan fingerprint density at radius 3 is 2.61 bits per heavy atom. The second-order valence-corrected chi connectivity index (χ2v) is 6.92. The number of anilines is 1. The molecule has 1 amide bonds. The van der Waals surface area contributed by atoms with Crippen molar-refractivity contribution in [1.29, 1.82) is 5.41 Å². The van der Waals surface area contributed by atoms with Crippen molar-refractivity contribution in [2.24, 2.45) is 5.73 Å². The highest BCUT2D eigenvalue weighted by atomic mass is 19.4. The number of carbonyl (C=O) groups is 1. The van der Waals surface area contributed by atoms with Gasteiger partial charge in [0.25, 0.3) is 0 Å². The van der Waals surface area contributed by atoms with Crippen molar-refractivity contribution >= 4 is 28.7 Å². The Bertz CT molecular complexity index is 1130. The van der Waals surface area contributed by atoms with Crippen molar-refractivity contribution in [3.05, 3.63) is 65.4 Å². The van der Waals surface area contributed by atoms with Gasteiger partial charge in [-0.2, -0.15) is 13.2 Å². The van der Waals surface area contributed by atoms with E-state index in [1.54, 1.807) is 12.1 Å². The fourth-order valence-corrected chi connectivity index (χ4v) is 3.52. The van der Waals surface area contributed by atoms with Crippen molar-refractivity contribution in [3.8, 4) is 0 Å². The van der Waals surface area contributed by atoms with Crippen molar-refractivity contribution in [3.63, 3.8) is 0 Å². The molecule has 0 fully saturated rings. The van der Waals surface area contributed by atoms with E-state index in [1.165, 1.54) is 29.9 Å². The molecule has 3 aromatic rings. The van der Waals surface area contributed by atoms with Gasteiger partial charge in [-0.25, -0.2) is 0 Å². The highest BCUT2D eigenvalue weighted by Crippen LogP contribution is 2.47. The predicted molar refractivity (Wildman–Crippen MR) is 110 cm³/mol. The molecule has 0 spiro atoms. The first-order chi connectivity index (χ1) is 14.6. The molecule has 3 rings (SSSR count). The molecule has 1 atom stereocenters. The molecule has 1 aromatic heterocycles. The number of aliphatic hydroxyl groups is 1. The molecule has 0 bridgehead atoms. The lowest BCUT2D eigenvalue weighted by Gasteiger charge is -2.31. The zero-order chi connectivity index (χ0) is 22.8. The van der Waals surface area contributed by atoms with E-state index in [4.69, 9.17) is 15.9 Å². The number of methoxy groups -OCH3 is 1. The Kier molecular flexibility index (Phi) is 6.05. The van der Waals surface area contributed by atoms with Crippen LogP contribution in [0.4, 0.5) is 18.9 Å². The van der Waals surface area contributed by atoms with Gasteiger partial charge in [-0.1, -0.05) is 24.3 Å². The topological polar surface area (TPSA) is 113 Å². The summed E-state index contributed by atoms with van der Waals surface area (Å²) in [4.78, 5) is 11.4. The Morgan fingerprint density at radius 2 is 2.00 bits per heavy atom. The molecule has 0 radical (unpaired) electrons. The molecule has 0 saturated carbocycles. The largest absolute Gasteiger partial charge is 0.425 e. The number of hydrogen-bond acceptors (Lipinski definition) is 5. The Morgan fingerprint density at radius 1 is 1.29 bits per heavy atom. The first kappa shape index (κ1) is 22.3. The minimum Gasteiger partial charge on any atom is -0.372 e. The number of rotatable bonds is 8. The Labute approximate surface area is 175 Å². The summed E-state index contributed by atoms with van der Waals surface area (Å²) >= 11 is 0. The third kappa shape index (κ3) is 3.99. The molecule has 5 N–H and O–H groups in total. The SMILES string of the molecule is COCNc1ccc(C(O)(c2cn(CC(N)=O)c3ccccc23)C(F)(F)F)cc1C=N. The van der Waals surface area contributed by atoms with E-state index in [-0.39, 0.29) is 24.2 Å². The highest BCUT2D eigenvalue weighted by Gasteiger charge is 2.57. The van der Waals surface area contributed by atoms with Gasteiger partial charge in [0.1, 0.15) is 13.3 Å². The number of ether oxygens (including phenoxy) is 1. The predicted octanol–water partition coefficient (Wildman–Crippen LogP) is 2.94. The maximum absolute atomic E-state index is 14.4. The molecule has 1 heterocycles. The van der Waals surface area contributed by atoms with E-state index >= 15 is 0 Å². The van der Waals surface area contributed by atoms with Gasteiger partial charge in [0.15, 0.2) is 0 Å². The lowest BCUT2D eigenvalue weighted by molar-refractivity contribution is -0.247. The van der Waals surface area contributed by atoms with Crippen molar-refractivity contribution in [1.82, 2.24) is 4.57 Å². The summed E-state index contributed by atoms with van der Waals surface area (Å²) in [6.45, 7) is -0.260. The van der Waals surface area contributed by atoms with E-state index in [2.05, 4.69) is 5.32 Å². The van der Waals surface area contributed by atoms with Crippen LogP contribution in [0.15, 0.2) is 48.7 Å². The third-order valence-corrected chi connectivity index (χ3v) is 4.95. The van der Waals surface area contributed by atoms with Gasteiger partial charge >= 0.3 is 6.18 Å². The number of fused-ring (bicyclic) bond motifs is 1. The number of hydrogen-bond donors (Lipinski definition) is 4. The standard InChI is InChI=1S/C21H21F3N4O3/c1-31-12-27-17-7-6-14(8-13(17)9-25)20(30,21(22,23)24)16-10-28(11-19(26)29)18-5-3-2-4-15(16)18/h2-10,25,27,30H,11-12H2,1H3,(H2,26,29). The molecular formula is C21H21F3N4O3. The summed E-state index contributed by atoms with van der Waals surface area (Å²) in [5, 5.41) is 21.7. The molecule has 0 aliphatic rings. The quantitative estimate of drug-likeness (QED) is 0.322. The molecule has 10 heteroatoms. The molecule has 0 saturated heterocycles. The fourth-order valence-electron chi connectivity index (χ4n) is 3.52. The molecule has 1 unspecified atom stereocenters. The number of halogens is 3. The van der Waals surface area contributed by atoms with E-state index in [0.29, 0.717) is 11.2 Å². The normalized spacial score (nSPS) is 13.7. The van der Waals surface area contributed by atoms with E-state index < -0.39 is 28.8 Å². The number of nitrogens with two attached hydrogens (primary N) is 1. The van der Waals surface area contributed by atoms with E-state index in [9.17, 15) is 23.1 Å². The van der Waals surface area contributed by atoms with Crippen LogP contribution in [-0.4, -0.2) is 41.8 Å². The van der Waals surface area contributed by atoms with Crippen molar-refractivity contribution in [2.45, 2.75) is 18.3 Å². The van der Waals surface area contributed by atoms with Gasteiger partial charge in [0, 0.05) is 47.2 Å². The number of nitrogens with zero attached hydrogens (tertiary/aromatic N) is 1. The van der Waals surface area contributed by atoms with Gasteiger partial charge in [0.2, 0.25) is 11.5 Å². The Balaban J connectivity index is 2.26. The van der Waals surface area contributed by atoms with E-state index in [0.717, 1.165) is 24.5 Å². The van der Waals surface area contributed by atoms with Crippen LogP contribution in [0.1, 0.15) is 16.7 Å². The summed E-state index contributed by atoms with van der Waals surface area (Å²) in [6.07, 6.45) is -3.13. The zero-order valence-corrected chi connectivity index (χ0v) is 16.5. The molecule has 31 heavy (non-hydrogen) atoms. The van der Waals surface area contributed by atoms with Crippen LogP contribution in [-0.2, 0) is 21.7 Å². The van der Waals surface area contributed by atoms with Crippen molar-refractivity contribution < 1.29 is 27.8 Å². The summed E-state index contributed by atoms with van der Waals surface area (Å²) in [5.74, 6) is -0.734. The summed E-state index contributed by atoms with van der Waals surface area (Å²) in [7, 11) is 1.44.